The van der Waals surface area contributed by atoms with Gasteiger partial charge in [-0.1, -0.05) is 0 Å². The maximum Gasteiger partial charge on any atom is 0.407 e. The monoisotopic (exact) mass is 299 g/mol. The Bertz CT molecular complexity index is 427. The highest BCUT2D eigenvalue weighted by molar-refractivity contribution is 9.10. The molecule has 0 saturated carbocycles. The van der Waals surface area contributed by atoms with E-state index in [1.54, 1.807) is 12.4 Å². The van der Waals surface area contributed by atoms with Gasteiger partial charge in [0.15, 0.2) is 0 Å². The predicted molar refractivity (Wildman–Crippen MR) is 68.3 cm³/mol. The van der Waals surface area contributed by atoms with Crippen LogP contribution < -0.4 is 4.90 Å². The Morgan fingerprint density at radius 3 is 2.88 bits per heavy atom. The lowest BCUT2D eigenvalue weighted by molar-refractivity contribution is 0.136. The Kier molecular flexibility index (Phi) is 3.51. The normalized spacial score (nSPS) is 20.5. The SMILES string of the molecule is C[C@H]1CN(C(=O)O)CCN1c1cncc(Br)c1. The van der Waals surface area contributed by atoms with Crippen molar-refractivity contribution in [3.63, 3.8) is 0 Å². The second-order valence-corrected chi connectivity index (χ2v) is 5.05. The minimum Gasteiger partial charge on any atom is -0.465 e. The van der Waals surface area contributed by atoms with Gasteiger partial charge in [-0.2, -0.15) is 0 Å². The molecule has 1 aromatic rings. The lowest BCUT2D eigenvalue weighted by Gasteiger charge is -2.39. The minimum atomic E-state index is -0.844. The smallest absolute Gasteiger partial charge is 0.407 e. The van der Waals surface area contributed by atoms with Crippen LogP contribution >= 0.6 is 15.9 Å². The van der Waals surface area contributed by atoms with E-state index in [9.17, 15) is 4.79 Å². The molecule has 1 saturated heterocycles. The highest BCUT2D eigenvalue weighted by atomic mass is 79.9. The summed E-state index contributed by atoms with van der Waals surface area (Å²) in [6, 6.07) is 2.16. The first kappa shape index (κ1) is 12.2. The molecule has 1 N–H and O–H groups in total. The number of carbonyl (C=O) groups is 1. The van der Waals surface area contributed by atoms with Crippen LogP contribution in [-0.4, -0.2) is 46.8 Å². The molecule has 0 aliphatic carbocycles. The molecule has 1 aliphatic heterocycles. The average molecular weight is 300 g/mol. The first-order valence-corrected chi connectivity index (χ1v) is 6.22. The van der Waals surface area contributed by atoms with Crippen molar-refractivity contribution in [3.8, 4) is 0 Å². The van der Waals surface area contributed by atoms with Gasteiger partial charge in [-0.05, 0) is 28.9 Å². The van der Waals surface area contributed by atoms with E-state index in [0.29, 0.717) is 19.6 Å². The standard InChI is InChI=1S/C11H14BrN3O2/c1-8-7-14(11(16)17)2-3-15(8)10-4-9(12)5-13-6-10/h4-6,8H,2-3,7H2,1H3,(H,16,17)/t8-/m0/s1. The lowest BCUT2D eigenvalue weighted by Crippen LogP contribution is -2.53. The molecule has 17 heavy (non-hydrogen) atoms. The third-order valence-corrected chi connectivity index (χ3v) is 3.35. The van der Waals surface area contributed by atoms with Crippen LogP contribution in [0.3, 0.4) is 0 Å². The molecule has 0 unspecified atom stereocenters. The molecule has 92 valence electrons. The van der Waals surface area contributed by atoms with Gasteiger partial charge in [0.1, 0.15) is 0 Å². The highest BCUT2D eigenvalue weighted by Gasteiger charge is 2.26. The number of halogens is 1. The van der Waals surface area contributed by atoms with Crippen LogP contribution in [0.5, 0.6) is 0 Å². The van der Waals surface area contributed by atoms with Crippen molar-refractivity contribution in [1.29, 1.82) is 0 Å². The highest BCUT2D eigenvalue weighted by Crippen LogP contribution is 2.22. The molecule has 1 fully saturated rings. The van der Waals surface area contributed by atoms with Crippen molar-refractivity contribution in [1.82, 2.24) is 9.88 Å². The zero-order valence-electron chi connectivity index (χ0n) is 9.51. The number of aromatic nitrogens is 1. The summed E-state index contributed by atoms with van der Waals surface area (Å²) in [7, 11) is 0. The lowest BCUT2D eigenvalue weighted by atomic mass is 10.2. The Hall–Kier alpha value is -1.30. The van der Waals surface area contributed by atoms with Crippen molar-refractivity contribution in [2.24, 2.45) is 0 Å². The van der Waals surface area contributed by atoms with Crippen LogP contribution in [0.25, 0.3) is 0 Å². The summed E-state index contributed by atoms with van der Waals surface area (Å²) in [5.41, 5.74) is 1.02. The van der Waals surface area contributed by atoms with E-state index in [1.807, 2.05) is 13.0 Å². The Morgan fingerprint density at radius 1 is 1.53 bits per heavy atom. The van der Waals surface area contributed by atoms with Gasteiger partial charge in [0, 0.05) is 36.3 Å². The number of amides is 1. The van der Waals surface area contributed by atoms with Crippen molar-refractivity contribution >= 4 is 27.7 Å². The largest absolute Gasteiger partial charge is 0.465 e. The number of rotatable bonds is 1. The fourth-order valence-electron chi connectivity index (χ4n) is 2.07. The van der Waals surface area contributed by atoms with Crippen LogP contribution in [0.1, 0.15) is 6.92 Å². The van der Waals surface area contributed by atoms with Gasteiger partial charge < -0.3 is 14.9 Å². The summed E-state index contributed by atoms with van der Waals surface area (Å²) in [6.07, 6.45) is 2.70. The third kappa shape index (κ3) is 2.69. The second kappa shape index (κ2) is 4.91. The van der Waals surface area contributed by atoms with Crippen molar-refractivity contribution < 1.29 is 9.90 Å². The molecular formula is C11H14BrN3O2. The van der Waals surface area contributed by atoms with Gasteiger partial charge in [-0.3, -0.25) is 4.98 Å². The maximum absolute atomic E-state index is 10.9. The van der Waals surface area contributed by atoms with Crippen LogP contribution in [0.15, 0.2) is 22.9 Å². The Labute approximate surface area is 108 Å². The molecule has 2 rings (SSSR count). The van der Waals surface area contributed by atoms with E-state index in [2.05, 4.69) is 25.8 Å². The van der Waals surface area contributed by atoms with Gasteiger partial charge in [0.05, 0.1) is 11.9 Å². The number of hydrogen-bond acceptors (Lipinski definition) is 3. The van der Waals surface area contributed by atoms with E-state index < -0.39 is 6.09 Å². The van der Waals surface area contributed by atoms with E-state index in [1.165, 1.54) is 4.90 Å². The van der Waals surface area contributed by atoms with Gasteiger partial charge in [-0.15, -0.1) is 0 Å². The van der Waals surface area contributed by atoms with E-state index in [-0.39, 0.29) is 6.04 Å². The van der Waals surface area contributed by atoms with Gasteiger partial charge >= 0.3 is 6.09 Å². The summed E-state index contributed by atoms with van der Waals surface area (Å²) in [5.74, 6) is 0. The molecule has 1 atom stereocenters. The van der Waals surface area contributed by atoms with Crippen LogP contribution in [0, 0.1) is 0 Å². The van der Waals surface area contributed by atoms with Crippen molar-refractivity contribution in [2.75, 3.05) is 24.5 Å². The maximum atomic E-state index is 10.9. The van der Waals surface area contributed by atoms with Gasteiger partial charge in [0.2, 0.25) is 0 Å². The molecule has 6 heteroatoms. The van der Waals surface area contributed by atoms with E-state index >= 15 is 0 Å². The summed E-state index contributed by atoms with van der Waals surface area (Å²) in [5, 5.41) is 8.94. The fraction of sp³-hybridized carbons (Fsp3) is 0.455. The zero-order valence-corrected chi connectivity index (χ0v) is 11.1. The molecule has 0 spiro atoms. The Morgan fingerprint density at radius 2 is 2.29 bits per heavy atom. The number of carboxylic acid groups (broad SMARTS) is 1. The minimum absolute atomic E-state index is 0.163. The molecule has 1 amide bonds. The van der Waals surface area contributed by atoms with E-state index in [4.69, 9.17) is 5.11 Å². The quantitative estimate of drug-likeness (QED) is 0.862. The summed E-state index contributed by atoms with van der Waals surface area (Å²) in [6.45, 7) is 3.79. The molecule has 0 radical (unpaired) electrons. The fourth-order valence-corrected chi connectivity index (χ4v) is 2.43. The number of hydrogen-bond donors (Lipinski definition) is 1. The molecule has 0 bridgehead atoms. The number of anilines is 1. The van der Waals surface area contributed by atoms with Crippen LogP contribution in [0.2, 0.25) is 0 Å². The summed E-state index contributed by atoms with van der Waals surface area (Å²) in [4.78, 5) is 18.6. The molecule has 0 aromatic carbocycles. The van der Waals surface area contributed by atoms with Crippen molar-refractivity contribution in [2.45, 2.75) is 13.0 Å². The first-order chi connectivity index (χ1) is 8.08. The van der Waals surface area contributed by atoms with Gasteiger partial charge in [0.25, 0.3) is 0 Å². The topological polar surface area (TPSA) is 56.7 Å². The van der Waals surface area contributed by atoms with Gasteiger partial charge in [-0.25, -0.2) is 4.79 Å². The Balaban J connectivity index is 2.12. The molecule has 5 nitrogen and oxygen atoms in total. The van der Waals surface area contributed by atoms with Crippen LogP contribution in [-0.2, 0) is 0 Å². The van der Waals surface area contributed by atoms with Crippen LogP contribution in [0.4, 0.5) is 10.5 Å². The number of nitrogens with zero attached hydrogens (tertiary/aromatic N) is 3. The predicted octanol–water partition coefficient (Wildman–Crippen LogP) is 2.03. The average Bonchev–Trinajstić information content (AvgIpc) is 2.28. The molecule has 2 heterocycles. The molecule has 1 aliphatic rings. The zero-order chi connectivity index (χ0) is 12.4. The summed E-state index contributed by atoms with van der Waals surface area (Å²) >= 11 is 3.39. The molecule has 1 aromatic heterocycles. The molecular weight excluding hydrogens is 286 g/mol. The first-order valence-electron chi connectivity index (χ1n) is 5.43. The summed E-state index contributed by atoms with van der Waals surface area (Å²) < 4.78 is 0.933. The third-order valence-electron chi connectivity index (χ3n) is 2.92. The second-order valence-electron chi connectivity index (χ2n) is 4.13. The number of pyridine rings is 1. The van der Waals surface area contributed by atoms with E-state index in [0.717, 1.165) is 10.2 Å². The van der Waals surface area contributed by atoms with Crippen molar-refractivity contribution in [3.05, 3.63) is 22.9 Å². The number of piperazine rings is 1.